The minimum absolute atomic E-state index is 0.0898. The molecule has 17 heteroatoms. The number of nitrogens with zero attached hydrogens (tertiary/aromatic N) is 2. The van der Waals surface area contributed by atoms with Gasteiger partial charge in [0.2, 0.25) is 11.5 Å². The van der Waals surface area contributed by atoms with Crippen molar-refractivity contribution in [2.75, 3.05) is 16.2 Å². The molecular formula is C24H26F6N4O6S. The van der Waals surface area contributed by atoms with Gasteiger partial charge >= 0.3 is 18.4 Å². The third kappa shape index (κ3) is 6.94. The molecule has 0 bridgehead atoms. The third-order valence-electron chi connectivity index (χ3n) is 6.20. The second-order valence-electron chi connectivity index (χ2n) is 10.3. The lowest BCUT2D eigenvalue weighted by Crippen LogP contribution is -2.47. The monoisotopic (exact) mass is 612 g/mol. The number of aromatic nitrogens is 1. The SMILES string of the molecule is CC(C)(C[C@H]1CN(S(=O)(=O)c2cncc(C(F)(F)F)c2)c2cc(NC(=O)OC(C)(C)C(F)(F)F)ccc2O1)C(N)=O. The number of amides is 2. The molecule has 0 saturated carbocycles. The summed E-state index contributed by atoms with van der Waals surface area (Å²) >= 11 is 0. The zero-order chi connectivity index (χ0) is 31.2. The van der Waals surface area contributed by atoms with Crippen molar-refractivity contribution in [2.45, 2.75) is 63.1 Å². The predicted octanol–water partition coefficient (Wildman–Crippen LogP) is 4.85. The Morgan fingerprint density at radius 2 is 1.73 bits per heavy atom. The number of fused-ring (bicyclic) bond motifs is 1. The molecule has 1 atom stereocenters. The summed E-state index contributed by atoms with van der Waals surface area (Å²) in [5, 5.41) is 2.06. The van der Waals surface area contributed by atoms with Crippen LogP contribution in [0.25, 0.3) is 0 Å². The molecule has 0 radical (unpaired) electrons. The number of pyridine rings is 1. The van der Waals surface area contributed by atoms with Crippen LogP contribution in [-0.4, -0.2) is 49.8 Å². The molecule has 1 aliphatic heterocycles. The van der Waals surface area contributed by atoms with E-state index in [1.165, 1.54) is 26.0 Å². The Morgan fingerprint density at radius 1 is 1.10 bits per heavy atom. The van der Waals surface area contributed by atoms with Gasteiger partial charge in [-0.2, -0.15) is 26.3 Å². The van der Waals surface area contributed by atoms with Gasteiger partial charge in [-0.05, 0) is 44.5 Å². The second kappa shape index (κ2) is 10.6. The average molecular weight is 613 g/mol. The fraction of sp³-hybridized carbons (Fsp3) is 0.458. The molecule has 0 fully saturated rings. The number of rotatable bonds is 7. The molecule has 2 heterocycles. The van der Waals surface area contributed by atoms with Crippen molar-refractivity contribution in [1.82, 2.24) is 4.98 Å². The zero-order valence-electron chi connectivity index (χ0n) is 22.1. The van der Waals surface area contributed by atoms with Gasteiger partial charge in [-0.3, -0.25) is 19.4 Å². The lowest BCUT2D eigenvalue weighted by molar-refractivity contribution is -0.242. The van der Waals surface area contributed by atoms with E-state index in [0.717, 1.165) is 6.07 Å². The number of ether oxygens (including phenoxy) is 2. The van der Waals surface area contributed by atoms with Crippen LogP contribution in [0, 0.1) is 5.41 Å². The molecule has 10 nitrogen and oxygen atoms in total. The van der Waals surface area contributed by atoms with E-state index in [2.05, 4.69) is 15.0 Å². The van der Waals surface area contributed by atoms with E-state index < -0.39 is 68.5 Å². The molecule has 3 N–H and O–H groups in total. The number of halogens is 6. The summed E-state index contributed by atoms with van der Waals surface area (Å²) in [7, 11) is -4.78. The maximum absolute atomic E-state index is 13.6. The molecule has 41 heavy (non-hydrogen) atoms. The Kier molecular flexibility index (Phi) is 8.19. The highest BCUT2D eigenvalue weighted by atomic mass is 32.2. The van der Waals surface area contributed by atoms with Gasteiger partial charge in [-0.1, -0.05) is 13.8 Å². The Bertz CT molecular complexity index is 1440. The van der Waals surface area contributed by atoms with Gasteiger partial charge in [-0.25, -0.2) is 13.2 Å². The molecular weight excluding hydrogens is 586 g/mol. The predicted molar refractivity (Wildman–Crippen MR) is 132 cm³/mol. The Morgan fingerprint density at radius 3 is 2.29 bits per heavy atom. The van der Waals surface area contributed by atoms with Gasteiger partial charge < -0.3 is 15.2 Å². The molecule has 1 aromatic heterocycles. The van der Waals surface area contributed by atoms with Crippen LogP contribution in [0.3, 0.4) is 0 Å². The minimum Gasteiger partial charge on any atom is -0.486 e. The number of nitrogens with two attached hydrogens (primary N) is 1. The summed E-state index contributed by atoms with van der Waals surface area (Å²) < 4.78 is 117. The van der Waals surface area contributed by atoms with Crippen LogP contribution >= 0.6 is 0 Å². The standard InChI is InChI=1S/C24H26F6N4O6S/c1-21(2,19(31)35)9-15-12-34(41(37,38)16-7-13(10-32-11-16)23(25,26)27)17-8-14(5-6-18(17)39-15)33-20(36)40-22(3,4)24(28,29)30/h5-8,10-11,15H,9,12H2,1-4H3,(H2,31,35)(H,33,36)/t15-/m0/s1. The van der Waals surface area contributed by atoms with Crippen molar-refractivity contribution >= 4 is 33.4 Å². The number of carbonyl (C=O) groups excluding carboxylic acids is 2. The zero-order valence-corrected chi connectivity index (χ0v) is 22.9. The summed E-state index contributed by atoms with van der Waals surface area (Å²) in [6.45, 7) is 3.73. The number of benzene rings is 1. The molecule has 3 rings (SSSR count). The first-order valence-corrected chi connectivity index (χ1v) is 13.2. The highest BCUT2D eigenvalue weighted by Gasteiger charge is 2.51. The van der Waals surface area contributed by atoms with Crippen molar-refractivity contribution in [3.8, 4) is 5.75 Å². The van der Waals surface area contributed by atoms with E-state index in [9.17, 15) is 44.3 Å². The largest absolute Gasteiger partial charge is 0.486 e. The topological polar surface area (TPSA) is 141 Å². The van der Waals surface area contributed by atoms with Crippen LogP contribution in [0.4, 0.5) is 42.5 Å². The van der Waals surface area contributed by atoms with E-state index >= 15 is 0 Å². The number of alkyl halides is 6. The smallest absolute Gasteiger partial charge is 0.427 e. The number of nitrogens with one attached hydrogen (secondary N) is 1. The van der Waals surface area contributed by atoms with E-state index in [-0.39, 0.29) is 23.5 Å². The summed E-state index contributed by atoms with van der Waals surface area (Å²) in [6, 6.07) is 3.79. The molecule has 1 aromatic carbocycles. The number of primary amides is 1. The molecule has 226 valence electrons. The van der Waals surface area contributed by atoms with Gasteiger partial charge in [0.1, 0.15) is 16.7 Å². The molecule has 0 saturated heterocycles. The first-order valence-electron chi connectivity index (χ1n) is 11.8. The number of sulfonamides is 1. The Labute approximate surface area is 230 Å². The Balaban J connectivity index is 2.05. The summed E-state index contributed by atoms with van der Waals surface area (Å²) in [4.78, 5) is 26.6. The van der Waals surface area contributed by atoms with Crippen molar-refractivity contribution < 1.29 is 53.8 Å². The molecule has 2 amide bonds. The number of hydrogen-bond donors (Lipinski definition) is 2. The summed E-state index contributed by atoms with van der Waals surface area (Å²) in [6.07, 6.45) is -11.3. The molecule has 2 aromatic rings. The first kappa shape index (κ1) is 31.8. The van der Waals surface area contributed by atoms with Crippen molar-refractivity contribution in [3.05, 3.63) is 42.2 Å². The molecule has 0 unspecified atom stereocenters. The van der Waals surface area contributed by atoms with Crippen LogP contribution in [-0.2, 0) is 25.7 Å². The Hall–Kier alpha value is -3.76. The van der Waals surface area contributed by atoms with Gasteiger partial charge in [0.05, 0.1) is 17.8 Å². The van der Waals surface area contributed by atoms with E-state index in [1.54, 1.807) is 0 Å². The van der Waals surface area contributed by atoms with E-state index in [1.807, 2.05) is 0 Å². The lowest BCUT2D eigenvalue weighted by Gasteiger charge is -2.38. The van der Waals surface area contributed by atoms with Crippen LogP contribution in [0.2, 0.25) is 0 Å². The molecule has 1 aliphatic rings. The van der Waals surface area contributed by atoms with Crippen molar-refractivity contribution in [1.29, 1.82) is 0 Å². The van der Waals surface area contributed by atoms with Gasteiger partial charge in [0, 0.05) is 23.5 Å². The summed E-state index contributed by atoms with van der Waals surface area (Å²) in [5.41, 5.74) is -0.416. The van der Waals surface area contributed by atoms with Gasteiger partial charge in [0.25, 0.3) is 10.0 Å². The van der Waals surface area contributed by atoms with Crippen LogP contribution in [0.15, 0.2) is 41.6 Å². The maximum Gasteiger partial charge on any atom is 0.427 e. The van der Waals surface area contributed by atoms with Crippen LogP contribution < -0.4 is 20.1 Å². The highest BCUT2D eigenvalue weighted by Crippen LogP contribution is 2.42. The van der Waals surface area contributed by atoms with E-state index in [4.69, 9.17) is 10.5 Å². The van der Waals surface area contributed by atoms with Crippen molar-refractivity contribution in [2.24, 2.45) is 11.1 Å². The molecule has 0 aliphatic carbocycles. The highest BCUT2D eigenvalue weighted by molar-refractivity contribution is 7.92. The fourth-order valence-electron chi connectivity index (χ4n) is 3.67. The van der Waals surface area contributed by atoms with Gasteiger partial charge in [0.15, 0.2) is 0 Å². The average Bonchev–Trinajstić information content (AvgIpc) is 2.81. The summed E-state index contributed by atoms with van der Waals surface area (Å²) in [5.74, 6) is -0.831. The number of carbonyl (C=O) groups is 2. The minimum atomic E-state index is -4.91. The van der Waals surface area contributed by atoms with Gasteiger partial charge in [-0.15, -0.1) is 0 Å². The quantitative estimate of drug-likeness (QED) is 0.426. The normalized spacial score (nSPS) is 16.4. The lowest BCUT2D eigenvalue weighted by atomic mass is 9.85. The van der Waals surface area contributed by atoms with Crippen molar-refractivity contribution in [3.63, 3.8) is 0 Å². The number of anilines is 2. The second-order valence-corrected chi connectivity index (χ2v) is 12.2. The third-order valence-corrected chi connectivity index (χ3v) is 7.95. The van der Waals surface area contributed by atoms with E-state index in [0.29, 0.717) is 36.6 Å². The maximum atomic E-state index is 13.6. The van der Waals surface area contributed by atoms with Crippen LogP contribution in [0.1, 0.15) is 39.7 Å². The fourth-order valence-corrected chi connectivity index (χ4v) is 5.16. The molecule has 0 spiro atoms. The first-order chi connectivity index (χ1) is 18.5. The number of hydrogen-bond acceptors (Lipinski definition) is 7. The van der Waals surface area contributed by atoms with Crippen LogP contribution in [0.5, 0.6) is 5.75 Å².